The number of rotatable bonds is 3. The van der Waals surface area contributed by atoms with Gasteiger partial charge in [-0.15, -0.1) is 0 Å². The molecule has 0 spiro atoms. The highest BCUT2D eigenvalue weighted by Gasteiger charge is 2.19. The fourth-order valence-corrected chi connectivity index (χ4v) is 2.32. The first-order chi connectivity index (χ1) is 8.68. The van der Waals surface area contributed by atoms with Crippen molar-refractivity contribution in [1.82, 2.24) is 15.2 Å². The van der Waals surface area contributed by atoms with E-state index in [1.54, 1.807) is 23.2 Å². The normalized spacial score (nSPS) is 14.6. The number of aromatic nitrogens is 1. The summed E-state index contributed by atoms with van der Waals surface area (Å²) in [6, 6.07) is 3.34. The Labute approximate surface area is 114 Å². The smallest absolute Gasteiger partial charge is 0.254 e. The number of hydrogen-bond donors (Lipinski definition) is 1. The summed E-state index contributed by atoms with van der Waals surface area (Å²) in [6.07, 6.45) is 3.69. The van der Waals surface area contributed by atoms with Crippen molar-refractivity contribution in [2.24, 2.45) is 0 Å². The van der Waals surface area contributed by atoms with Crippen molar-refractivity contribution in [3.05, 3.63) is 28.5 Å². The van der Waals surface area contributed by atoms with E-state index in [9.17, 15) is 9.59 Å². The van der Waals surface area contributed by atoms with Crippen LogP contribution in [0.25, 0.3) is 0 Å². The minimum absolute atomic E-state index is 0.0270. The number of nitrogens with one attached hydrogen (secondary N) is 1. The third-order valence-corrected chi connectivity index (χ3v) is 3.49. The van der Waals surface area contributed by atoms with Crippen LogP contribution in [0.1, 0.15) is 23.2 Å². The second kappa shape index (κ2) is 5.95. The molecular formula is C12H14BrN3O2. The van der Waals surface area contributed by atoms with Gasteiger partial charge in [0.15, 0.2) is 0 Å². The van der Waals surface area contributed by atoms with E-state index in [0.717, 1.165) is 25.9 Å². The highest BCUT2D eigenvalue weighted by molar-refractivity contribution is 9.10. The standard InChI is InChI=1S/C12H14BrN3O2/c13-11-9(4-3-5-14-11)12(18)15-8-10(17)16-6-1-2-7-16/h3-5H,1-2,6-8H2,(H,15,18). The molecule has 1 N–H and O–H groups in total. The number of carbonyl (C=O) groups is 2. The predicted octanol–water partition coefficient (Wildman–Crippen LogP) is 1.20. The van der Waals surface area contributed by atoms with Crippen LogP contribution in [0.5, 0.6) is 0 Å². The first-order valence-electron chi connectivity index (χ1n) is 5.85. The van der Waals surface area contributed by atoms with Gasteiger partial charge in [0.25, 0.3) is 5.91 Å². The lowest BCUT2D eigenvalue weighted by Gasteiger charge is -2.15. The highest BCUT2D eigenvalue weighted by Crippen LogP contribution is 2.12. The van der Waals surface area contributed by atoms with E-state index in [0.29, 0.717) is 10.2 Å². The monoisotopic (exact) mass is 311 g/mol. The average Bonchev–Trinajstić information content (AvgIpc) is 2.90. The van der Waals surface area contributed by atoms with Gasteiger partial charge in [0, 0.05) is 19.3 Å². The molecule has 0 radical (unpaired) electrons. The van der Waals surface area contributed by atoms with E-state index in [4.69, 9.17) is 0 Å². The van der Waals surface area contributed by atoms with Gasteiger partial charge < -0.3 is 10.2 Å². The Hall–Kier alpha value is -1.43. The van der Waals surface area contributed by atoms with Crippen LogP contribution in [-0.4, -0.2) is 41.3 Å². The number of amides is 2. The topological polar surface area (TPSA) is 62.3 Å². The molecule has 5 nitrogen and oxygen atoms in total. The summed E-state index contributed by atoms with van der Waals surface area (Å²) in [5.74, 6) is -0.316. The van der Waals surface area contributed by atoms with Crippen LogP contribution in [0.3, 0.4) is 0 Å². The Morgan fingerprint density at radius 2 is 2.11 bits per heavy atom. The van der Waals surface area contributed by atoms with Gasteiger partial charge in [0.1, 0.15) is 4.60 Å². The van der Waals surface area contributed by atoms with Gasteiger partial charge in [0.2, 0.25) is 5.91 Å². The second-order valence-corrected chi connectivity index (χ2v) is 4.86. The first kappa shape index (κ1) is 13.0. The lowest BCUT2D eigenvalue weighted by Crippen LogP contribution is -2.38. The molecule has 1 aliphatic heterocycles. The van der Waals surface area contributed by atoms with Crippen LogP contribution in [0.2, 0.25) is 0 Å². The number of pyridine rings is 1. The summed E-state index contributed by atoms with van der Waals surface area (Å²) in [4.78, 5) is 29.3. The Morgan fingerprint density at radius 1 is 1.39 bits per heavy atom. The molecule has 0 aromatic carbocycles. The molecule has 0 bridgehead atoms. The number of likely N-dealkylation sites (tertiary alicyclic amines) is 1. The quantitative estimate of drug-likeness (QED) is 0.853. The number of halogens is 1. The van der Waals surface area contributed by atoms with E-state index >= 15 is 0 Å². The van der Waals surface area contributed by atoms with Gasteiger partial charge in [-0.2, -0.15) is 0 Å². The van der Waals surface area contributed by atoms with Gasteiger partial charge in [0.05, 0.1) is 12.1 Å². The van der Waals surface area contributed by atoms with Crippen LogP contribution in [0.4, 0.5) is 0 Å². The Balaban J connectivity index is 1.88. The maximum Gasteiger partial charge on any atom is 0.254 e. The van der Waals surface area contributed by atoms with Crippen molar-refractivity contribution in [1.29, 1.82) is 0 Å². The van der Waals surface area contributed by atoms with Crippen molar-refractivity contribution in [3.63, 3.8) is 0 Å². The molecule has 2 heterocycles. The molecule has 2 amide bonds. The molecule has 1 aromatic rings. The van der Waals surface area contributed by atoms with E-state index in [1.807, 2.05) is 0 Å². The second-order valence-electron chi connectivity index (χ2n) is 4.11. The molecule has 0 aliphatic carbocycles. The van der Waals surface area contributed by atoms with Crippen LogP contribution < -0.4 is 5.32 Å². The fraction of sp³-hybridized carbons (Fsp3) is 0.417. The summed E-state index contributed by atoms with van der Waals surface area (Å²) >= 11 is 3.20. The summed E-state index contributed by atoms with van der Waals surface area (Å²) in [7, 11) is 0. The Bertz CT molecular complexity index is 458. The third kappa shape index (κ3) is 3.07. The number of hydrogen-bond acceptors (Lipinski definition) is 3. The summed E-state index contributed by atoms with van der Waals surface area (Å²) in [5.41, 5.74) is 0.437. The van der Waals surface area contributed by atoms with Crippen molar-refractivity contribution < 1.29 is 9.59 Å². The van der Waals surface area contributed by atoms with Crippen molar-refractivity contribution in [2.75, 3.05) is 19.6 Å². The number of carbonyl (C=O) groups excluding carboxylic acids is 2. The largest absolute Gasteiger partial charge is 0.343 e. The van der Waals surface area contributed by atoms with Crippen LogP contribution in [-0.2, 0) is 4.79 Å². The zero-order valence-corrected chi connectivity index (χ0v) is 11.4. The minimum atomic E-state index is -0.289. The highest BCUT2D eigenvalue weighted by atomic mass is 79.9. The van der Waals surface area contributed by atoms with Crippen molar-refractivity contribution >= 4 is 27.7 Å². The van der Waals surface area contributed by atoms with Gasteiger partial charge in [-0.3, -0.25) is 9.59 Å². The molecule has 18 heavy (non-hydrogen) atoms. The summed E-state index contributed by atoms with van der Waals surface area (Å²) in [6.45, 7) is 1.64. The summed E-state index contributed by atoms with van der Waals surface area (Å²) < 4.78 is 0.483. The molecule has 1 saturated heterocycles. The van der Waals surface area contributed by atoms with E-state index in [-0.39, 0.29) is 18.4 Å². The molecule has 2 rings (SSSR count). The predicted molar refractivity (Wildman–Crippen MR) is 70.1 cm³/mol. The molecular weight excluding hydrogens is 298 g/mol. The third-order valence-electron chi connectivity index (χ3n) is 2.86. The SMILES string of the molecule is O=C(NCC(=O)N1CCCC1)c1cccnc1Br. The van der Waals surface area contributed by atoms with Gasteiger partial charge in [-0.25, -0.2) is 4.98 Å². The van der Waals surface area contributed by atoms with Crippen LogP contribution >= 0.6 is 15.9 Å². The molecule has 6 heteroatoms. The van der Waals surface area contributed by atoms with Crippen molar-refractivity contribution in [2.45, 2.75) is 12.8 Å². The van der Waals surface area contributed by atoms with E-state index < -0.39 is 0 Å². The van der Waals surface area contributed by atoms with E-state index in [1.165, 1.54) is 0 Å². The zero-order chi connectivity index (χ0) is 13.0. The molecule has 1 aromatic heterocycles. The fourth-order valence-electron chi connectivity index (χ4n) is 1.88. The summed E-state index contributed by atoms with van der Waals surface area (Å²) in [5, 5.41) is 2.62. The zero-order valence-electron chi connectivity index (χ0n) is 9.86. The molecule has 1 aliphatic rings. The van der Waals surface area contributed by atoms with Gasteiger partial charge >= 0.3 is 0 Å². The molecule has 96 valence electrons. The van der Waals surface area contributed by atoms with Gasteiger partial charge in [-0.05, 0) is 40.9 Å². The lowest BCUT2D eigenvalue weighted by atomic mass is 10.2. The van der Waals surface area contributed by atoms with E-state index in [2.05, 4.69) is 26.2 Å². The minimum Gasteiger partial charge on any atom is -0.343 e. The average molecular weight is 312 g/mol. The van der Waals surface area contributed by atoms with Crippen LogP contribution in [0.15, 0.2) is 22.9 Å². The van der Waals surface area contributed by atoms with Crippen molar-refractivity contribution in [3.8, 4) is 0 Å². The number of nitrogens with zero attached hydrogens (tertiary/aromatic N) is 2. The van der Waals surface area contributed by atoms with Crippen LogP contribution in [0, 0.1) is 0 Å². The lowest BCUT2D eigenvalue weighted by molar-refractivity contribution is -0.129. The Kier molecular flexibility index (Phi) is 4.30. The first-order valence-corrected chi connectivity index (χ1v) is 6.64. The molecule has 0 saturated carbocycles. The Morgan fingerprint density at radius 3 is 2.78 bits per heavy atom. The van der Waals surface area contributed by atoms with Gasteiger partial charge in [-0.1, -0.05) is 0 Å². The molecule has 0 unspecified atom stereocenters. The molecule has 0 atom stereocenters. The maximum atomic E-state index is 11.8. The maximum absolute atomic E-state index is 11.8. The molecule has 1 fully saturated rings.